The van der Waals surface area contributed by atoms with E-state index in [1.54, 1.807) is 0 Å². The number of pyridine rings is 1. The number of hydrogen-bond donors (Lipinski definition) is 0. The van der Waals surface area contributed by atoms with Crippen molar-refractivity contribution >= 4 is 44.6 Å². The molecule has 69 heavy (non-hydrogen) atoms. The second-order valence-electron chi connectivity index (χ2n) is 22.0. The van der Waals surface area contributed by atoms with E-state index in [9.17, 15) is 0 Å². The Bertz CT molecular complexity index is 3330. The number of para-hydroxylation sites is 1. The molecule has 0 spiro atoms. The fourth-order valence-corrected chi connectivity index (χ4v) is 9.70. The van der Waals surface area contributed by atoms with Crippen LogP contribution in [0.3, 0.4) is 0 Å². The minimum atomic E-state index is -0.267. The summed E-state index contributed by atoms with van der Waals surface area (Å²) in [5, 5.41) is 2.23. The summed E-state index contributed by atoms with van der Waals surface area (Å²) in [6, 6.07) is 63.9. The summed E-state index contributed by atoms with van der Waals surface area (Å²) in [7, 11) is 0. The van der Waals surface area contributed by atoms with Crippen molar-refractivity contribution in [3.8, 4) is 28.4 Å². The molecule has 0 amide bonds. The summed E-state index contributed by atoms with van der Waals surface area (Å²) >= 11 is 0. The van der Waals surface area contributed by atoms with Crippen molar-refractivity contribution in [1.29, 1.82) is 0 Å². The van der Waals surface area contributed by atoms with Crippen LogP contribution in [0, 0.1) is 18.8 Å². The average molecular weight is 1090 g/mol. The number of aromatic nitrogens is 2. The molecule has 352 valence electrons. The predicted octanol–water partition coefficient (Wildman–Crippen LogP) is 16.9. The van der Waals surface area contributed by atoms with Crippen LogP contribution in [0.1, 0.15) is 104 Å². The Balaban J connectivity index is 0.00000593. The van der Waals surface area contributed by atoms with Gasteiger partial charge in [0, 0.05) is 66.8 Å². The Kier molecular flexibility index (Phi) is 12.3. The van der Waals surface area contributed by atoms with Crippen LogP contribution in [-0.4, -0.2) is 9.55 Å². The second-order valence-corrected chi connectivity index (χ2v) is 22.0. The first-order chi connectivity index (χ1) is 32.3. The van der Waals surface area contributed by atoms with Crippen LogP contribution in [0.5, 0.6) is 11.5 Å². The van der Waals surface area contributed by atoms with Gasteiger partial charge in [-0.15, -0.1) is 48.1 Å². The summed E-state index contributed by atoms with van der Waals surface area (Å²) in [5.74, 6) is 2.06. The molecule has 0 aliphatic carbocycles. The molecule has 5 nitrogen and oxygen atoms in total. The van der Waals surface area contributed by atoms with Gasteiger partial charge in [-0.05, 0) is 103 Å². The van der Waals surface area contributed by atoms with Gasteiger partial charge >= 0.3 is 0 Å². The van der Waals surface area contributed by atoms with Crippen molar-refractivity contribution in [2.24, 2.45) is 0 Å². The Morgan fingerprint density at radius 1 is 0.493 bits per heavy atom. The second kappa shape index (κ2) is 17.8. The minimum absolute atomic E-state index is 0. The number of fused-ring (bicyclic) bond motifs is 4. The summed E-state index contributed by atoms with van der Waals surface area (Å²) in [6.07, 6.45) is 1.91. The smallest absolute Gasteiger partial charge is 0.135 e. The first-order valence-electron chi connectivity index (χ1n) is 23.9. The molecule has 0 bridgehead atoms. The Morgan fingerprint density at radius 3 is 1.81 bits per heavy atom. The molecule has 0 unspecified atom stereocenters. The van der Waals surface area contributed by atoms with E-state index in [4.69, 9.17) is 9.72 Å². The van der Waals surface area contributed by atoms with Crippen LogP contribution in [0.15, 0.2) is 164 Å². The molecule has 7 aromatic carbocycles. The van der Waals surface area contributed by atoms with Gasteiger partial charge in [-0.25, -0.2) is 4.98 Å². The molecular weight excluding hydrogens is 1020 g/mol. The molecule has 3 heterocycles. The molecule has 1 aliphatic heterocycles. The summed E-state index contributed by atoms with van der Waals surface area (Å²) in [5.41, 5.74) is 14.4. The number of hydrogen-bond acceptors (Lipinski definition) is 4. The number of nitrogens with zero attached hydrogens (tertiary/aromatic N) is 4. The van der Waals surface area contributed by atoms with Gasteiger partial charge in [0.15, 0.2) is 0 Å². The molecule has 0 atom stereocenters. The third-order valence-electron chi connectivity index (χ3n) is 13.6. The molecule has 0 saturated heterocycles. The van der Waals surface area contributed by atoms with E-state index in [0.717, 1.165) is 50.4 Å². The Morgan fingerprint density at radius 2 is 1.13 bits per heavy atom. The van der Waals surface area contributed by atoms with Crippen molar-refractivity contribution in [1.82, 2.24) is 9.55 Å². The van der Waals surface area contributed by atoms with Gasteiger partial charge < -0.3 is 19.1 Å². The zero-order valence-electron chi connectivity index (χ0n) is 41.7. The summed E-state index contributed by atoms with van der Waals surface area (Å²) in [4.78, 5) is 9.54. The van der Waals surface area contributed by atoms with E-state index in [0.29, 0.717) is 11.5 Å². The van der Waals surface area contributed by atoms with E-state index in [1.165, 1.54) is 38.9 Å². The van der Waals surface area contributed by atoms with E-state index < -0.39 is 0 Å². The van der Waals surface area contributed by atoms with Gasteiger partial charge in [0.1, 0.15) is 5.82 Å². The van der Waals surface area contributed by atoms with Gasteiger partial charge in [0.25, 0.3) is 0 Å². The molecule has 2 aromatic heterocycles. The average Bonchev–Trinajstić information content (AvgIpc) is 3.86. The van der Waals surface area contributed by atoms with Crippen molar-refractivity contribution in [3.05, 3.63) is 211 Å². The Hall–Kier alpha value is -6.42. The SMILES string of the molecule is CC(C)(C)c1ccnc(-n2c3[c-]c(Oc4[c-]c(N5[CH-]N(c6cc(-c7ccccc7)cc(C(C)(C)c7ccccc7)c6)c6cc(C(C)(C)C)c(C(C)(C)C)cc65)ccc4)ccc3c3ccccc32)c1.[Pt]. The van der Waals surface area contributed by atoms with Crippen LogP contribution in [0.2, 0.25) is 0 Å². The first kappa shape index (κ1) is 47.6. The molecule has 1 aliphatic rings. The van der Waals surface area contributed by atoms with Crippen molar-refractivity contribution in [3.63, 3.8) is 0 Å². The molecule has 0 radical (unpaired) electrons. The molecule has 10 rings (SSSR count). The zero-order valence-corrected chi connectivity index (χ0v) is 44.0. The van der Waals surface area contributed by atoms with Crippen molar-refractivity contribution in [2.75, 3.05) is 9.80 Å². The molecule has 6 heteroatoms. The fraction of sp³-hybridized carbons (Fsp3) is 0.238. The number of anilines is 4. The summed E-state index contributed by atoms with van der Waals surface area (Å²) in [6.45, 7) is 27.5. The van der Waals surface area contributed by atoms with Crippen LogP contribution in [0.4, 0.5) is 22.7 Å². The fourth-order valence-electron chi connectivity index (χ4n) is 9.70. The van der Waals surface area contributed by atoms with E-state index in [1.807, 2.05) is 18.3 Å². The largest absolute Gasteiger partial charge is 0.509 e. The molecule has 0 saturated carbocycles. The third-order valence-corrected chi connectivity index (χ3v) is 13.6. The number of rotatable bonds is 8. The molecule has 0 N–H and O–H groups in total. The standard InChI is InChI=1S/C63H61N4O.Pt/c1-60(2,3)45-31-32-64-59(36-45)67-55-28-19-18-27-51(55)52-30-29-50(38-56(52)67)68-49-26-20-25-47(37-49)65-41-66(58-40-54(62(7,8)9)53(39-57(58)65)61(4,5)6)48-34-43(42-21-14-12-15-22-42)33-46(35-48)63(10,11)44-23-16-13-17-24-44;/h12-36,39-41H,1-11H3;/q-3;. The zero-order chi connectivity index (χ0) is 47.8. The van der Waals surface area contributed by atoms with Gasteiger partial charge in [-0.1, -0.05) is 167 Å². The van der Waals surface area contributed by atoms with Crippen LogP contribution in [0.25, 0.3) is 38.8 Å². The molecular formula is C63H61N4OPt-3. The minimum Gasteiger partial charge on any atom is -0.509 e. The molecule has 9 aromatic rings. The monoisotopic (exact) mass is 1080 g/mol. The van der Waals surface area contributed by atoms with Gasteiger partial charge in [0.05, 0.1) is 0 Å². The van der Waals surface area contributed by atoms with E-state index >= 15 is 0 Å². The third kappa shape index (κ3) is 9.03. The van der Waals surface area contributed by atoms with Crippen LogP contribution < -0.4 is 14.5 Å². The number of ether oxygens (including phenoxy) is 1. The van der Waals surface area contributed by atoms with Gasteiger partial charge in [-0.2, -0.15) is 12.1 Å². The quantitative estimate of drug-likeness (QED) is 0.142. The van der Waals surface area contributed by atoms with E-state index in [2.05, 4.69) is 255 Å². The normalized spacial score (nSPS) is 13.2. The maximum absolute atomic E-state index is 6.75. The van der Waals surface area contributed by atoms with Gasteiger partial charge in [0.2, 0.25) is 0 Å². The number of benzene rings is 7. The maximum atomic E-state index is 6.75. The topological polar surface area (TPSA) is 33.5 Å². The van der Waals surface area contributed by atoms with Crippen molar-refractivity contribution < 1.29 is 25.8 Å². The van der Waals surface area contributed by atoms with Crippen LogP contribution in [-0.2, 0) is 42.7 Å². The predicted molar refractivity (Wildman–Crippen MR) is 284 cm³/mol. The van der Waals surface area contributed by atoms with Crippen LogP contribution >= 0.6 is 0 Å². The molecule has 0 fully saturated rings. The Labute approximate surface area is 424 Å². The maximum Gasteiger partial charge on any atom is 0.135 e. The van der Waals surface area contributed by atoms with Gasteiger partial charge in [-0.3, -0.25) is 0 Å². The first-order valence-corrected chi connectivity index (χ1v) is 23.9. The van der Waals surface area contributed by atoms with Crippen molar-refractivity contribution in [2.45, 2.75) is 97.8 Å². The van der Waals surface area contributed by atoms with E-state index in [-0.39, 0.29) is 42.7 Å². The summed E-state index contributed by atoms with van der Waals surface area (Å²) < 4.78 is 8.96.